The molecule has 0 aromatic carbocycles. The second-order valence-electron chi connectivity index (χ2n) is 2.57. The molecule has 1 heterocycles. The Hall–Kier alpha value is -1.20. The number of carbonyl (C=O) groups excluding carboxylic acids is 1. The molecule has 1 aromatic heterocycles. The van der Waals surface area contributed by atoms with Gasteiger partial charge in [-0.05, 0) is 13.8 Å². The summed E-state index contributed by atoms with van der Waals surface area (Å²) >= 11 is 5.57. The second-order valence-corrected chi connectivity index (χ2v) is 2.92. The topological polar surface area (TPSA) is 78.1 Å². The maximum Gasteiger partial charge on any atom is 0.172 e. The zero-order chi connectivity index (χ0) is 11.8. The van der Waals surface area contributed by atoms with Gasteiger partial charge >= 0.3 is 0 Å². The lowest BCUT2D eigenvalue weighted by atomic mass is 10.4. The standard InChI is InChI=1S/C6H6ClN3O.C3H8O/c1-3-5(7)10-6(8)4(2-11)9-3;1-3-4-2/h2H,1H3,(H2,8,10);3H2,1-2H3. The van der Waals surface area contributed by atoms with Gasteiger partial charge in [0.05, 0.1) is 5.69 Å². The largest absolute Gasteiger partial charge is 0.385 e. The number of nitrogens with zero attached hydrogens (tertiary/aromatic N) is 2. The lowest BCUT2D eigenvalue weighted by molar-refractivity contribution is 0.111. The van der Waals surface area contributed by atoms with Crippen molar-refractivity contribution in [2.24, 2.45) is 0 Å². The number of nitrogen functional groups attached to an aromatic ring is 1. The van der Waals surface area contributed by atoms with Crippen molar-refractivity contribution in [3.05, 3.63) is 16.5 Å². The number of rotatable bonds is 2. The highest BCUT2D eigenvalue weighted by Gasteiger charge is 2.04. The average molecular weight is 232 g/mol. The predicted octanol–water partition coefficient (Wildman–Crippen LogP) is 1.49. The number of hydrogen-bond donors (Lipinski definition) is 1. The number of hydrogen-bond acceptors (Lipinski definition) is 5. The third-order valence-corrected chi connectivity index (χ3v) is 1.83. The van der Waals surface area contributed by atoms with Crippen molar-refractivity contribution in [3.63, 3.8) is 0 Å². The van der Waals surface area contributed by atoms with E-state index in [2.05, 4.69) is 14.7 Å². The SMILES string of the molecule is CCOC.Cc1nc(C=O)c(N)nc1Cl. The molecular weight excluding hydrogens is 218 g/mol. The van der Waals surface area contributed by atoms with E-state index in [1.807, 2.05) is 6.92 Å². The van der Waals surface area contributed by atoms with Gasteiger partial charge in [0.2, 0.25) is 0 Å². The number of aromatic nitrogens is 2. The number of aryl methyl sites for hydroxylation is 1. The van der Waals surface area contributed by atoms with Crippen molar-refractivity contribution >= 4 is 23.7 Å². The zero-order valence-electron chi connectivity index (χ0n) is 8.95. The Kier molecular flexibility index (Phi) is 6.57. The van der Waals surface area contributed by atoms with Gasteiger partial charge in [-0.25, -0.2) is 9.97 Å². The smallest absolute Gasteiger partial charge is 0.172 e. The lowest BCUT2D eigenvalue weighted by Gasteiger charge is -1.99. The van der Waals surface area contributed by atoms with Crippen LogP contribution in [0, 0.1) is 6.92 Å². The van der Waals surface area contributed by atoms with E-state index in [-0.39, 0.29) is 16.7 Å². The van der Waals surface area contributed by atoms with Gasteiger partial charge in [-0.1, -0.05) is 11.6 Å². The number of nitrogens with two attached hydrogens (primary N) is 1. The second kappa shape index (κ2) is 7.14. The Balaban J connectivity index is 0.000000423. The fourth-order valence-corrected chi connectivity index (χ4v) is 0.748. The molecule has 2 N–H and O–H groups in total. The Morgan fingerprint density at radius 3 is 2.47 bits per heavy atom. The van der Waals surface area contributed by atoms with E-state index in [0.717, 1.165) is 6.61 Å². The number of halogens is 1. The zero-order valence-corrected chi connectivity index (χ0v) is 9.71. The number of methoxy groups -OCH3 is 1. The molecule has 0 aliphatic heterocycles. The maximum atomic E-state index is 10.3. The molecule has 15 heavy (non-hydrogen) atoms. The monoisotopic (exact) mass is 231 g/mol. The highest BCUT2D eigenvalue weighted by Crippen LogP contribution is 2.12. The molecule has 0 radical (unpaired) electrons. The molecule has 0 atom stereocenters. The molecule has 1 aromatic rings. The molecule has 0 spiro atoms. The maximum absolute atomic E-state index is 10.3. The molecule has 0 saturated heterocycles. The molecule has 5 nitrogen and oxygen atoms in total. The van der Waals surface area contributed by atoms with Gasteiger partial charge in [0.1, 0.15) is 5.69 Å². The van der Waals surface area contributed by atoms with E-state index in [9.17, 15) is 4.79 Å². The summed E-state index contributed by atoms with van der Waals surface area (Å²) in [6.45, 7) is 4.43. The van der Waals surface area contributed by atoms with E-state index < -0.39 is 0 Å². The Morgan fingerprint density at radius 2 is 2.07 bits per heavy atom. The van der Waals surface area contributed by atoms with E-state index in [1.165, 1.54) is 0 Å². The molecule has 0 saturated carbocycles. The van der Waals surface area contributed by atoms with E-state index in [0.29, 0.717) is 12.0 Å². The quantitative estimate of drug-likeness (QED) is 0.781. The number of aldehydes is 1. The molecule has 6 heteroatoms. The van der Waals surface area contributed by atoms with Crippen molar-refractivity contribution in [2.45, 2.75) is 13.8 Å². The molecule has 0 fully saturated rings. The molecule has 0 bridgehead atoms. The minimum Gasteiger partial charge on any atom is -0.385 e. The van der Waals surface area contributed by atoms with Gasteiger partial charge in [-0.15, -0.1) is 0 Å². The van der Waals surface area contributed by atoms with Crippen LogP contribution >= 0.6 is 11.6 Å². The Morgan fingerprint density at radius 1 is 1.53 bits per heavy atom. The van der Waals surface area contributed by atoms with E-state index in [1.54, 1.807) is 14.0 Å². The van der Waals surface area contributed by atoms with Crippen molar-refractivity contribution in [1.29, 1.82) is 0 Å². The lowest BCUT2D eigenvalue weighted by Crippen LogP contribution is -2.02. The van der Waals surface area contributed by atoms with Crippen LogP contribution in [-0.4, -0.2) is 30.0 Å². The summed E-state index contributed by atoms with van der Waals surface area (Å²) in [5.74, 6) is 0.0654. The first kappa shape index (κ1) is 13.8. The molecule has 84 valence electrons. The Labute approximate surface area is 93.6 Å². The fraction of sp³-hybridized carbons (Fsp3) is 0.444. The molecule has 0 aliphatic rings. The van der Waals surface area contributed by atoms with Crippen molar-refractivity contribution in [1.82, 2.24) is 9.97 Å². The van der Waals surface area contributed by atoms with Crippen LogP contribution in [0.2, 0.25) is 5.15 Å². The Bertz CT molecular complexity index is 329. The normalized spacial score (nSPS) is 9.07. The molecule has 1 rings (SSSR count). The first-order valence-corrected chi connectivity index (χ1v) is 4.68. The summed E-state index contributed by atoms with van der Waals surface area (Å²) in [5.41, 5.74) is 5.95. The van der Waals surface area contributed by atoms with Gasteiger partial charge in [-0.2, -0.15) is 0 Å². The summed E-state index contributed by atoms with van der Waals surface area (Å²) in [5, 5.41) is 0.230. The predicted molar refractivity (Wildman–Crippen MR) is 59.1 cm³/mol. The summed E-state index contributed by atoms with van der Waals surface area (Å²) in [4.78, 5) is 17.8. The number of ether oxygens (including phenoxy) is 1. The summed E-state index contributed by atoms with van der Waals surface area (Å²) in [7, 11) is 1.68. The van der Waals surface area contributed by atoms with Crippen molar-refractivity contribution in [3.8, 4) is 0 Å². The average Bonchev–Trinajstić information content (AvgIpc) is 2.24. The van der Waals surface area contributed by atoms with Crippen LogP contribution in [0.5, 0.6) is 0 Å². The van der Waals surface area contributed by atoms with Crippen LogP contribution < -0.4 is 5.73 Å². The first-order valence-electron chi connectivity index (χ1n) is 4.30. The van der Waals surface area contributed by atoms with Crippen LogP contribution in [0.15, 0.2) is 0 Å². The van der Waals surface area contributed by atoms with Gasteiger partial charge in [0.25, 0.3) is 0 Å². The minimum absolute atomic E-state index is 0.0654. The summed E-state index contributed by atoms with van der Waals surface area (Å²) in [6.07, 6.45) is 0.547. The van der Waals surface area contributed by atoms with Crippen LogP contribution in [0.3, 0.4) is 0 Å². The summed E-state index contributed by atoms with van der Waals surface area (Å²) < 4.78 is 4.54. The van der Waals surface area contributed by atoms with Crippen molar-refractivity contribution in [2.75, 3.05) is 19.5 Å². The third-order valence-electron chi connectivity index (χ3n) is 1.47. The number of anilines is 1. The highest BCUT2D eigenvalue weighted by molar-refractivity contribution is 6.30. The van der Waals surface area contributed by atoms with Gasteiger partial charge in [-0.3, -0.25) is 4.79 Å². The van der Waals surface area contributed by atoms with Gasteiger partial charge < -0.3 is 10.5 Å². The third kappa shape index (κ3) is 4.71. The molecule has 0 amide bonds. The first-order chi connectivity index (χ1) is 7.06. The fourth-order valence-electron chi connectivity index (χ4n) is 0.615. The summed E-state index contributed by atoms with van der Waals surface area (Å²) in [6, 6.07) is 0. The van der Waals surface area contributed by atoms with E-state index >= 15 is 0 Å². The van der Waals surface area contributed by atoms with Crippen molar-refractivity contribution < 1.29 is 9.53 Å². The van der Waals surface area contributed by atoms with E-state index in [4.69, 9.17) is 17.3 Å². The highest BCUT2D eigenvalue weighted by atomic mass is 35.5. The minimum atomic E-state index is 0.0654. The van der Waals surface area contributed by atoms with Crippen LogP contribution in [0.4, 0.5) is 5.82 Å². The number of carbonyl (C=O) groups is 1. The molecule has 0 aliphatic carbocycles. The van der Waals surface area contributed by atoms with Crippen LogP contribution in [0.1, 0.15) is 23.1 Å². The van der Waals surface area contributed by atoms with Gasteiger partial charge in [0.15, 0.2) is 17.3 Å². The van der Waals surface area contributed by atoms with Gasteiger partial charge in [0, 0.05) is 13.7 Å². The molecular formula is C9H14ClN3O2. The molecule has 0 unspecified atom stereocenters. The van der Waals surface area contributed by atoms with Crippen LogP contribution in [-0.2, 0) is 4.74 Å². The van der Waals surface area contributed by atoms with Crippen LogP contribution in [0.25, 0.3) is 0 Å².